The van der Waals surface area contributed by atoms with E-state index in [0.29, 0.717) is 17.2 Å². The fourth-order valence-electron chi connectivity index (χ4n) is 4.33. The van der Waals surface area contributed by atoms with Gasteiger partial charge in [0.2, 0.25) is 0 Å². The molecule has 0 atom stereocenters. The van der Waals surface area contributed by atoms with Crippen molar-refractivity contribution < 1.29 is 9.68 Å². The van der Waals surface area contributed by atoms with Crippen LogP contribution in [0.3, 0.4) is 0 Å². The van der Waals surface area contributed by atoms with Crippen LogP contribution in [0.5, 0.6) is 5.75 Å². The van der Waals surface area contributed by atoms with Crippen molar-refractivity contribution in [3.05, 3.63) is 34.0 Å². The third-order valence-electron chi connectivity index (χ3n) is 5.39. The first-order chi connectivity index (χ1) is 11.8. The van der Waals surface area contributed by atoms with Crippen LogP contribution in [-0.2, 0) is 4.84 Å². The molecule has 2 aliphatic carbocycles. The fourth-order valence-corrected chi connectivity index (χ4v) is 4.33. The van der Waals surface area contributed by atoms with E-state index in [9.17, 15) is 5.21 Å². The molecule has 0 spiro atoms. The van der Waals surface area contributed by atoms with E-state index in [1.807, 2.05) is 20.8 Å². The van der Waals surface area contributed by atoms with Crippen LogP contribution in [0.15, 0.2) is 12.1 Å². The Hall–Kier alpha value is -1.10. The third kappa shape index (κ3) is 4.75. The molecule has 1 aromatic rings. The van der Waals surface area contributed by atoms with Crippen molar-refractivity contribution in [3.8, 4) is 5.75 Å². The molecule has 25 heavy (non-hydrogen) atoms. The summed E-state index contributed by atoms with van der Waals surface area (Å²) in [5.74, 6) is 1.76. The van der Waals surface area contributed by atoms with Gasteiger partial charge in [-0.1, -0.05) is 48.8 Å². The maximum atomic E-state index is 12.3. The van der Waals surface area contributed by atoms with Crippen LogP contribution in [0.1, 0.15) is 101 Å². The van der Waals surface area contributed by atoms with Crippen molar-refractivity contribution in [1.82, 2.24) is 5.39 Å². The van der Waals surface area contributed by atoms with Crippen LogP contribution in [0.2, 0.25) is 0 Å². The minimum Gasteiger partial charge on any atom is -0.728 e. The van der Waals surface area contributed by atoms with Crippen molar-refractivity contribution in [2.75, 3.05) is 0 Å². The highest BCUT2D eigenvalue weighted by atomic mass is 17.1. The van der Waals surface area contributed by atoms with Gasteiger partial charge < -0.3 is 10.0 Å². The monoisotopic (exact) mass is 346 g/mol. The van der Waals surface area contributed by atoms with E-state index in [-0.39, 0.29) is 0 Å². The van der Waals surface area contributed by atoms with E-state index in [0.717, 1.165) is 5.75 Å². The van der Waals surface area contributed by atoms with Crippen LogP contribution in [0.25, 0.3) is 0 Å². The SMILES string of the molecule is Cc1cc(C2CCCC2)c(ON([O-])OC(C)(C)C)c(C2CCCC2)c1. The number of benzene rings is 1. The first kappa shape index (κ1) is 18.7. The molecule has 0 unspecified atom stereocenters. The zero-order chi connectivity index (χ0) is 18.0. The highest BCUT2D eigenvalue weighted by Gasteiger charge is 2.28. The number of hydrogen-bond acceptors (Lipinski definition) is 4. The Labute approximate surface area is 152 Å². The highest BCUT2D eigenvalue weighted by molar-refractivity contribution is 5.48. The van der Waals surface area contributed by atoms with Crippen LogP contribution in [0.4, 0.5) is 0 Å². The summed E-state index contributed by atoms with van der Waals surface area (Å²) in [6.07, 6.45) is 9.77. The van der Waals surface area contributed by atoms with Gasteiger partial charge in [0.15, 0.2) is 5.75 Å². The summed E-state index contributed by atoms with van der Waals surface area (Å²) in [6, 6.07) is 4.43. The first-order valence-corrected chi connectivity index (χ1v) is 9.82. The van der Waals surface area contributed by atoms with Gasteiger partial charge in [-0.3, -0.25) is 4.84 Å². The normalized spacial score (nSPS) is 19.9. The highest BCUT2D eigenvalue weighted by Crippen LogP contribution is 2.46. The van der Waals surface area contributed by atoms with Gasteiger partial charge in [-0.2, -0.15) is 0 Å². The minimum atomic E-state index is -0.576. The van der Waals surface area contributed by atoms with Gasteiger partial charge >= 0.3 is 0 Å². The summed E-state index contributed by atoms with van der Waals surface area (Å²) in [7, 11) is 0. The average Bonchev–Trinajstić information content (AvgIpc) is 3.19. The topological polar surface area (TPSA) is 44.8 Å². The van der Waals surface area contributed by atoms with Gasteiger partial charge in [0.05, 0.1) is 5.60 Å². The number of nitrogens with zero attached hydrogens (tertiary/aromatic N) is 1. The molecule has 1 aromatic carbocycles. The van der Waals surface area contributed by atoms with Crippen LogP contribution in [0, 0.1) is 12.1 Å². The number of hydrogen-bond donors (Lipinski definition) is 0. The second-order valence-electron chi connectivity index (χ2n) is 8.75. The second-order valence-corrected chi connectivity index (χ2v) is 8.75. The summed E-state index contributed by atoms with van der Waals surface area (Å²) in [4.78, 5) is 11.2. The molecular formula is C21H32NO3-. The molecule has 0 bridgehead atoms. The molecule has 0 N–H and O–H groups in total. The van der Waals surface area contributed by atoms with Gasteiger partial charge in [0.1, 0.15) is 0 Å². The lowest BCUT2D eigenvalue weighted by Gasteiger charge is -2.35. The Bertz CT molecular complexity index is 544. The van der Waals surface area contributed by atoms with Crippen molar-refractivity contribution >= 4 is 0 Å². The summed E-state index contributed by atoms with van der Waals surface area (Å²) >= 11 is 0. The molecule has 4 nitrogen and oxygen atoms in total. The Morgan fingerprint density at radius 1 is 0.920 bits per heavy atom. The molecule has 0 aliphatic heterocycles. The van der Waals surface area contributed by atoms with E-state index >= 15 is 0 Å². The molecule has 2 fully saturated rings. The molecule has 2 saturated carbocycles. The maximum Gasteiger partial charge on any atom is 0.156 e. The Morgan fingerprint density at radius 3 is 1.76 bits per heavy atom. The molecule has 0 heterocycles. The van der Waals surface area contributed by atoms with Gasteiger partial charge in [-0.15, -0.1) is 0 Å². The zero-order valence-electron chi connectivity index (χ0n) is 16.1. The second kappa shape index (κ2) is 7.65. The lowest BCUT2D eigenvalue weighted by atomic mass is 9.87. The van der Waals surface area contributed by atoms with Crippen molar-refractivity contribution in [2.45, 2.75) is 96.5 Å². The fraction of sp³-hybridized carbons (Fsp3) is 0.714. The van der Waals surface area contributed by atoms with Gasteiger partial charge in [0, 0.05) is 11.1 Å². The molecule has 0 amide bonds. The van der Waals surface area contributed by atoms with E-state index in [2.05, 4.69) is 19.1 Å². The molecule has 3 rings (SSSR count). The molecule has 0 saturated heterocycles. The molecule has 2 aliphatic rings. The predicted molar refractivity (Wildman–Crippen MR) is 100 cm³/mol. The van der Waals surface area contributed by atoms with E-state index in [1.165, 1.54) is 68.1 Å². The zero-order valence-corrected chi connectivity index (χ0v) is 16.1. The van der Waals surface area contributed by atoms with Crippen molar-refractivity contribution in [2.24, 2.45) is 0 Å². The predicted octanol–water partition coefficient (Wildman–Crippen LogP) is 6.13. The summed E-state index contributed by atoms with van der Waals surface area (Å²) in [6.45, 7) is 7.71. The molecule has 0 radical (unpaired) electrons. The number of rotatable bonds is 5. The lowest BCUT2D eigenvalue weighted by Crippen LogP contribution is -2.32. The molecule has 4 heteroatoms. The molecule has 140 valence electrons. The van der Waals surface area contributed by atoms with Crippen LogP contribution < -0.4 is 4.84 Å². The summed E-state index contributed by atoms with van der Waals surface area (Å²) in [5, 5.41) is 12.6. The van der Waals surface area contributed by atoms with Crippen LogP contribution >= 0.6 is 0 Å². The summed E-state index contributed by atoms with van der Waals surface area (Å²) in [5.41, 5.74) is 3.11. The quantitative estimate of drug-likeness (QED) is 0.601. The van der Waals surface area contributed by atoms with Gasteiger partial charge in [-0.25, -0.2) is 0 Å². The largest absolute Gasteiger partial charge is 0.728 e. The Balaban J connectivity index is 1.95. The standard InChI is InChI=1S/C21H32NO3/c1-15-13-18(16-9-5-6-10-16)20(24-22(23)25-21(2,3)4)19(14-15)17-11-7-8-12-17/h13-14,16-17H,5-12H2,1-4H3/q-1. The first-order valence-electron chi connectivity index (χ1n) is 9.82. The Kier molecular flexibility index (Phi) is 5.71. The Morgan fingerprint density at radius 2 is 1.36 bits per heavy atom. The average molecular weight is 346 g/mol. The van der Waals surface area contributed by atoms with Gasteiger partial charge in [0.25, 0.3) is 0 Å². The molecular weight excluding hydrogens is 314 g/mol. The van der Waals surface area contributed by atoms with Gasteiger partial charge in [-0.05, 0) is 65.2 Å². The number of aryl methyl sites for hydroxylation is 1. The van der Waals surface area contributed by atoms with E-state index in [1.54, 1.807) is 0 Å². The van der Waals surface area contributed by atoms with Crippen LogP contribution in [-0.4, -0.2) is 11.0 Å². The smallest absolute Gasteiger partial charge is 0.156 e. The minimum absolute atomic E-state index is 0.321. The van der Waals surface area contributed by atoms with E-state index < -0.39 is 5.60 Å². The van der Waals surface area contributed by atoms with E-state index in [4.69, 9.17) is 9.68 Å². The third-order valence-corrected chi connectivity index (χ3v) is 5.39. The van der Waals surface area contributed by atoms with Crippen molar-refractivity contribution in [3.63, 3.8) is 0 Å². The van der Waals surface area contributed by atoms with Crippen molar-refractivity contribution in [1.29, 1.82) is 0 Å². The molecule has 0 aromatic heterocycles. The lowest BCUT2D eigenvalue weighted by molar-refractivity contribution is -0.328. The maximum absolute atomic E-state index is 12.3. The summed E-state index contributed by atoms with van der Waals surface area (Å²) < 4.78 is 0.